The molecule has 2 rings (SSSR count). The van der Waals surface area contributed by atoms with Gasteiger partial charge in [-0.3, -0.25) is 9.10 Å². The second kappa shape index (κ2) is 8.02. The highest BCUT2D eigenvalue weighted by Gasteiger charge is 2.28. The molecular formula is C18H21NO5S. The summed E-state index contributed by atoms with van der Waals surface area (Å²) >= 11 is 0. The minimum Gasteiger partial charge on any atom is -0.497 e. The molecule has 134 valence electrons. The van der Waals surface area contributed by atoms with Crippen molar-refractivity contribution in [2.45, 2.75) is 24.8 Å². The van der Waals surface area contributed by atoms with Gasteiger partial charge in [0, 0.05) is 6.07 Å². The molecule has 7 heteroatoms. The van der Waals surface area contributed by atoms with E-state index < -0.39 is 22.5 Å². The van der Waals surface area contributed by atoms with Gasteiger partial charge in [0.15, 0.2) is 0 Å². The van der Waals surface area contributed by atoms with Crippen LogP contribution in [-0.2, 0) is 19.6 Å². The lowest BCUT2D eigenvalue weighted by Crippen LogP contribution is -2.37. The Bertz CT molecular complexity index is 818. The standard InChI is InChI=1S/C18H21NO5S/c1-14(2)24-18(20)13-19(15-8-7-9-16(12-15)23-3)25(21,22)17-10-5-4-6-11-17/h4-12,14H,13H2,1-3H3. The van der Waals surface area contributed by atoms with Crippen LogP contribution < -0.4 is 9.04 Å². The van der Waals surface area contributed by atoms with Crippen molar-refractivity contribution in [3.05, 3.63) is 54.6 Å². The molecule has 0 unspecified atom stereocenters. The molecule has 0 amide bonds. The molecule has 0 spiro atoms. The molecule has 0 aromatic heterocycles. The summed E-state index contributed by atoms with van der Waals surface area (Å²) < 4.78 is 37.4. The van der Waals surface area contributed by atoms with Crippen molar-refractivity contribution >= 4 is 21.7 Å². The van der Waals surface area contributed by atoms with Gasteiger partial charge in [-0.05, 0) is 38.1 Å². The maximum atomic E-state index is 13.0. The number of carbonyl (C=O) groups is 1. The Morgan fingerprint density at radius 3 is 2.36 bits per heavy atom. The molecule has 6 nitrogen and oxygen atoms in total. The first-order valence-electron chi connectivity index (χ1n) is 7.76. The molecule has 0 atom stereocenters. The van der Waals surface area contributed by atoms with E-state index in [4.69, 9.17) is 9.47 Å². The molecule has 25 heavy (non-hydrogen) atoms. The number of carbonyl (C=O) groups excluding carboxylic acids is 1. The summed E-state index contributed by atoms with van der Waals surface area (Å²) in [7, 11) is -2.44. The summed E-state index contributed by atoms with van der Waals surface area (Å²) in [5.41, 5.74) is 0.323. The van der Waals surface area contributed by atoms with Crippen molar-refractivity contribution in [3.8, 4) is 5.75 Å². The summed E-state index contributed by atoms with van der Waals surface area (Å²) in [6, 6.07) is 14.5. The van der Waals surface area contributed by atoms with Crippen LogP contribution in [0.5, 0.6) is 5.75 Å². The van der Waals surface area contributed by atoms with Crippen molar-refractivity contribution in [3.63, 3.8) is 0 Å². The van der Waals surface area contributed by atoms with E-state index in [1.54, 1.807) is 56.3 Å². The van der Waals surface area contributed by atoms with Gasteiger partial charge in [0.1, 0.15) is 12.3 Å². The highest BCUT2D eigenvalue weighted by molar-refractivity contribution is 7.92. The topological polar surface area (TPSA) is 72.9 Å². The van der Waals surface area contributed by atoms with Crippen molar-refractivity contribution < 1.29 is 22.7 Å². The molecule has 0 radical (unpaired) electrons. The van der Waals surface area contributed by atoms with E-state index >= 15 is 0 Å². The maximum absolute atomic E-state index is 13.0. The first-order valence-corrected chi connectivity index (χ1v) is 9.20. The van der Waals surface area contributed by atoms with Crippen molar-refractivity contribution in [2.24, 2.45) is 0 Å². The quantitative estimate of drug-likeness (QED) is 0.707. The van der Waals surface area contributed by atoms with Crippen molar-refractivity contribution in [2.75, 3.05) is 18.0 Å². The van der Waals surface area contributed by atoms with Gasteiger partial charge >= 0.3 is 5.97 Å². The Balaban J connectivity index is 2.46. The molecule has 0 fully saturated rings. The molecular weight excluding hydrogens is 342 g/mol. The minimum atomic E-state index is -3.93. The largest absolute Gasteiger partial charge is 0.497 e. The smallest absolute Gasteiger partial charge is 0.327 e. The van der Waals surface area contributed by atoms with Gasteiger partial charge in [0.05, 0.1) is 23.8 Å². The summed E-state index contributed by atoms with van der Waals surface area (Å²) in [5, 5.41) is 0. The second-order valence-electron chi connectivity index (χ2n) is 5.56. The van der Waals surface area contributed by atoms with Crippen LogP contribution in [-0.4, -0.2) is 34.1 Å². The van der Waals surface area contributed by atoms with Crippen LogP contribution in [0, 0.1) is 0 Å². The van der Waals surface area contributed by atoms with Gasteiger partial charge in [-0.1, -0.05) is 24.3 Å². The van der Waals surface area contributed by atoms with Gasteiger partial charge in [0.2, 0.25) is 0 Å². The first kappa shape index (κ1) is 18.8. The van der Waals surface area contributed by atoms with Gasteiger partial charge in [-0.15, -0.1) is 0 Å². The van der Waals surface area contributed by atoms with Crippen LogP contribution in [0.25, 0.3) is 0 Å². The fraction of sp³-hybridized carbons (Fsp3) is 0.278. The summed E-state index contributed by atoms with van der Waals surface area (Å²) in [4.78, 5) is 12.2. The lowest BCUT2D eigenvalue weighted by Gasteiger charge is -2.24. The molecule has 0 bridgehead atoms. The lowest BCUT2D eigenvalue weighted by atomic mass is 10.3. The zero-order valence-electron chi connectivity index (χ0n) is 14.4. The predicted molar refractivity (Wildman–Crippen MR) is 95.2 cm³/mol. The van der Waals surface area contributed by atoms with Crippen LogP contribution in [0.3, 0.4) is 0 Å². The predicted octanol–water partition coefficient (Wildman–Crippen LogP) is 2.84. The van der Waals surface area contributed by atoms with Crippen LogP contribution in [0.4, 0.5) is 5.69 Å². The number of esters is 1. The molecule has 0 heterocycles. The number of hydrogen-bond donors (Lipinski definition) is 0. The van der Waals surface area contributed by atoms with E-state index in [2.05, 4.69) is 0 Å². The number of anilines is 1. The summed E-state index contributed by atoms with van der Waals surface area (Å²) in [6.45, 7) is 2.99. The molecule has 0 saturated heterocycles. The molecule has 2 aromatic carbocycles. The number of ether oxygens (including phenoxy) is 2. The van der Waals surface area contributed by atoms with E-state index in [0.717, 1.165) is 4.31 Å². The molecule has 0 N–H and O–H groups in total. The lowest BCUT2D eigenvalue weighted by molar-refractivity contribution is -0.145. The van der Waals surface area contributed by atoms with Gasteiger partial charge < -0.3 is 9.47 Å². The minimum absolute atomic E-state index is 0.0927. The maximum Gasteiger partial charge on any atom is 0.327 e. The fourth-order valence-electron chi connectivity index (χ4n) is 2.22. The number of benzene rings is 2. The monoisotopic (exact) mass is 363 g/mol. The van der Waals surface area contributed by atoms with Crippen LogP contribution in [0.15, 0.2) is 59.5 Å². The van der Waals surface area contributed by atoms with E-state index in [1.165, 1.54) is 19.2 Å². The van der Waals surface area contributed by atoms with Crippen LogP contribution >= 0.6 is 0 Å². The summed E-state index contributed by atoms with van der Waals surface area (Å²) in [5.74, 6) is -0.139. The average Bonchev–Trinajstić information content (AvgIpc) is 2.59. The molecule has 0 saturated carbocycles. The third kappa shape index (κ3) is 4.73. The number of rotatable bonds is 7. The van der Waals surface area contributed by atoms with Crippen molar-refractivity contribution in [1.82, 2.24) is 0 Å². The van der Waals surface area contributed by atoms with Crippen LogP contribution in [0.2, 0.25) is 0 Å². The zero-order chi connectivity index (χ0) is 18.4. The number of sulfonamides is 1. The van der Waals surface area contributed by atoms with E-state index in [1.807, 2.05) is 0 Å². The second-order valence-corrected chi connectivity index (χ2v) is 7.43. The van der Waals surface area contributed by atoms with E-state index in [9.17, 15) is 13.2 Å². The Hall–Kier alpha value is -2.54. The highest BCUT2D eigenvalue weighted by atomic mass is 32.2. The Labute approximate surface area is 148 Å². The number of hydrogen-bond acceptors (Lipinski definition) is 5. The van der Waals surface area contributed by atoms with E-state index in [0.29, 0.717) is 11.4 Å². The van der Waals surface area contributed by atoms with Gasteiger partial charge in [-0.2, -0.15) is 0 Å². The molecule has 0 aliphatic rings. The first-order chi connectivity index (χ1) is 11.8. The number of nitrogens with zero attached hydrogens (tertiary/aromatic N) is 1. The Kier molecular flexibility index (Phi) is 6.03. The van der Waals surface area contributed by atoms with E-state index in [-0.39, 0.29) is 11.0 Å². The SMILES string of the molecule is COc1cccc(N(CC(=O)OC(C)C)S(=O)(=O)c2ccccc2)c1. The molecule has 0 aliphatic carbocycles. The zero-order valence-corrected chi connectivity index (χ0v) is 15.2. The normalized spacial score (nSPS) is 11.2. The van der Waals surface area contributed by atoms with Gasteiger partial charge in [-0.25, -0.2) is 8.42 Å². The third-order valence-corrected chi connectivity index (χ3v) is 5.10. The van der Waals surface area contributed by atoms with Crippen LogP contribution in [0.1, 0.15) is 13.8 Å². The fourth-order valence-corrected chi connectivity index (χ4v) is 3.64. The summed E-state index contributed by atoms with van der Waals surface area (Å²) in [6.07, 6.45) is -0.334. The van der Waals surface area contributed by atoms with Crippen molar-refractivity contribution in [1.29, 1.82) is 0 Å². The Morgan fingerprint density at radius 1 is 1.08 bits per heavy atom. The highest BCUT2D eigenvalue weighted by Crippen LogP contribution is 2.27. The van der Waals surface area contributed by atoms with Gasteiger partial charge in [0.25, 0.3) is 10.0 Å². The Morgan fingerprint density at radius 2 is 1.76 bits per heavy atom. The average molecular weight is 363 g/mol. The number of methoxy groups -OCH3 is 1. The third-order valence-electron chi connectivity index (χ3n) is 3.31. The molecule has 0 aliphatic heterocycles. The molecule has 2 aromatic rings.